The van der Waals surface area contributed by atoms with Gasteiger partial charge in [0.15, 0.2) is 0 Å². The number of aromatic nitrogens is 2. The highest BCUT2D eigenvalue weighted by Crippen LogP contribution is 2.11. The summed E-state index contributed by atoms with van der Waals surface area (Å²) in [6.45, 7) is 4.95. The van der Waals surface area contributed by atoms with Gasteiger partial charge in [0.25, 0.3) is 0 Å². The molecule has 116 valence electrons. The molecule has 2 rings (SSSR count). The second-order valence-electron chi connectivity index (χ2n) is 5.38. The lowest BCUT2D eigenvalue weighted by atomic mass is 10.0. The van der Waals surface area contributed by atoms with Crippen LogP contribution < -0.4 is 16.0 Å². The third-order valence-corrected chi connectivity index (χ3v) is 3.72. The molecule has 1 aliphatic rings. The minimum atomic E-state index is -0.279. The van der Waals surface area contributed by atoms with Crippen molar-refractivity contribution < 1.29 is 9.59 Å². The molecule has 7 nitrogen and oxygen atoms in total. The smallest absolute Gasteiger partial charge is 0.237 e. The predicted molar refractivity (Wildman–Crippen MR) is 78.4 cm³/mol. The topological polar surface area (TPSA) is 98.9 Å². The average Bonchev–Trinajstić information content (AvgIpc) is 2.94. The number of imidazole rings is 1. The van der Waals surface area contributed by atoms with Crippen LogP contribution >= 0.6 is 0 Å². The minimum absolute atomic E-state index is 0.0316. The molecule has 0 saturated heterocycles. The van der Waals surface area contributed by atoms with Gasteiger partial charge in [-0.2, -0.15) is 0 Å². The Morgan fingerprint density at radius 2 is 2.33 bits per heavy atom. The lowest BCUT2D eigenvalue weighted by Gasteiger charge is -2.22. The first-order chi connectivity index (χ1) is 10.1. The number of carbonyl (C=O) groups excluding carboxylic acids is 2. The highest BCUT2D eigenvalue weighted by Gasteiger charge is 2.25. The van der Waals surface area contributed by atoms with E-state index < -0.39 is 0 Å². The van der Waals surface area contributed by atoms with Crippen LogP contribution in [0.4, 0.5) is 0 Å². The van der Waals surface area contributed by atoms with Crippen LogP contribution in [0.3, 0.4) is 0 Å². The zero-order chi connectivity index (χ0) is 15.2. The van der Waals surface area contributed by atoms with Crippen LogP contribution in [-0.2, 0) is 22.6 Å². The molecule has 0 aliphatic carbocycles. The van der Waals surface area contributed by atoms with Crippen molar-refractivity contribution in [2.75, 3.05) is 6.54 Å². The molecule has 7 heteroatoms. The molecule has 0 saturated carbocycles. The molecule has 0 aromatic carbocycles. The molecule has 2 unspecified atom stereocenters. The zero-order valence-corrected chi connectivity index (χ0v) is 12.5. The van der Waals surface area contributed by atoms with Crippen LogP contribution in [-0.4, -0.2) is 40.4 Å². The summed E-state index contributed by atoms with van der Waals surface area (Å²) in [5.41, 5.74) is 1.97. The van der Waals surface area contributed by atoms with E-state index >= 15 is 0 Å². The van der Waals surface area contributed by atoms with Gasteiger partial charge in [0.1, 0.15) is 0 Å². The molecule has 1 aromatic rings. The summed E-state index contributed by atoms with van der Waals surface area (Å²) < 4.78 is 0. The number of hydrogen-bond acceptors (Lipinski definition) is 4. The number of rotatable bonds is 6. The summed E-state index contributed by atoms with van der Waals surface area (Å²) >= 11 is 0. The number of carbonyl (C=O) groups is 2. The normalized spacial score (nSPS) is 18.7. The van der Waals surface area contributed by atoms with E-state index in [4.69, 9.17) is 0 Å². The standard InChI is InChI=1S/C14H23N5O2/c1-3-9(2)19-13(20)4-5-15-14(21)11-6-10-12(7-16-11)18-8-17-10/h8-9,11,16H,3-7H2,1-2H3,(H,15,21)(H,17,18)(H,19,20). The van der Waals surface area contributed by atoms with Crippen molar-refractivity contribution in [3.8, 4) is 0 Å². The molecule has 4 N–H and O–H groups in total. The zero-order valence-electron chi connectivity index (χ0n) is 12.5. The van der Waals surface area contributed by atoms with Gasteiger partial charge in [-0.1, -0.05) is 6.92 Å². The molecule has 1 aromatic heterocycles. The SMILES string of the molecule is CCC(C)NC(=O)CCNC(=O)C1Cc2nc[nH]c2CN1. The third-order valence-electron chi connectivity index (χ3n) is 3.72. The molecule has 0 radical (unpaired) electrons. The molecule has 0 fully saturated rings. The first-order valence-corrected chi connectivity index (χ1v) is 7.41. The van der Waals surface area contributed by atoms with Crippen molar-refractivity contribution in [3.05, 3.63) is 17.7 Å². The van der Waals surface area contributed by atoms with E-state index in [1.54, 1.807) is 6.33 Å². The molecule has 2 atom stereocenters. The van der Waals surface area contributed by atoms with Gasteiger partial charge in [0.2, 0.25) is 11.8 Å². The lowest BCUT2D eigenvalue weighted by Crippen LogP contribution is -2.48. The Kier molecular flexibility index (Phi) is 5.32. The van der Waals surface area contributed by atoms with E-state index in [2.05, 4.69) is 25.9 Å². The van der Waals surface area contributed by atoms with Crippen molar-refractivity contribution in [3.63, 3.8) is 0 Å². The molecule has 21 heavy (non-hydrogen) atoms. The Balaban J connectivity index is 1.70. The maximum Gasteiger partial charge on any atom is 0.237 e. The third kappa shape index (κ3) is 4.29. The maximum absolute atomic E-state index is 12.0. The van der Waals surface area contributed by atoms with E-state index in [1.807, 2.05) is 13.8 Å². The number of fused-ring (bicyclic) bond motifs is 1. The van der Waals surface area contributed by atoms with Gasteiger partial charge in [-0.3, -0.25) is 14.9 Å². The number of amides is 2. The number of H-pyrrole nitrogens is 1. The summed E-state index contributed by atoms with van der Waals surface area (Å²) in [6, 6.07) is -0.107. The van der Waals surface area contributed by atoms with Crippen molar-refractivity contribution >= 4 is 11.8 Å². The van der Waals surface area contributed by atoms with Crippen LogP contribution in [0.5, 0.6) is 0 Å². The minimum Gasteiger partial charge on any atom is -0.354 e. The van der Waals surface area contributed by atoms with Gasteiger partial charge in [-0.05, 0) is 13.3 Å². The van der Waals surface area contributed by atoms with Gasteiger partial charge in [-0.25, -0.2) is 4.98 Å². The van der Waals surface area contributed by atoms with E-state index in [0.29, 0.717) is 25.9 Å². The first-order valence-electron chi connectivity index (χ1n) is 7.41. The molecule has 2 amide bonds. The quantitative estimate of drug-likeness (QED) is 0.586. The van der Waals surface area contributed by atoms with Crippen LogP contribution in [0.25, 0.3) is 0 Å². The molecule has 0 bridgehead atoms. The summed E-state index contributed by atoms with van der Waals surface area (Å²) in [7, 11) is 0. The van der Waals surface area contributed by atoms with E-state index in [1.165, 1.54) is 0 Å². The maximum atomic E-state index is 12.0. The van der Waals surface area contributed by atoms with Crippen molar-refractivity contribution in [1.29, 1.82) is 0 Å². The fourth-order valence-corrected chi connectivity index (χ4v) is 2.23. The predicted octanol–water partition coefficient (Wildman–Crippen LogP) is -0.155. The van der Waals surface area contributed by atoms with E-state index in [9.17, 15) is 9.59 Å². The highest BCUT2D eigenvalue weighted by atomic mass is 16.2. The summed E-state index contributed by atoms with van der Waals surface area (Å²) in [6.07, 6.45) is 3.42. The second kappa shape index (κ2) is 7.21. The molecule has 1 aliphatic heterocycles. The fourth-order valence-electron chi connectivity index (χ4n) is 2.23. The molecule has 2 heterocycles. The van der Waals surface area contributed by atoms with Gasteiger partial charge in [0.05, 0.1) is 23.8 Å². The molecular formula is C14H23N5O2. The Morgan fingerprint density at radius 3 is 3.10 bits per heavy atom. The summed E-state index contributed by atoms with van der Waals surface area (Å²) in [5, 5.41) is 8.83. The lowest BCUT2D eigenvalue weighted by molar-refractivity contribution is -0.124. The van der Waals surface area contributed by atoms with Crippen LogP contribution in [0.15, 0.2) is 6.33 Å². The van der Waals surface area contributed by atoms with Crippen molar-refractivity contribution in [1.82, 2.24) is 25.9 Å². The number of aromatic amines is 1. The second-order valence-corrected chi connectivity index (χ2v) is 5.38. The number of nitrogens with one attached hydrogen (secondary N) is 4. The average molecular weight is 293 g/mol. The van der Waals surface area contributed by atoms with Crippen molar-refractivity contribution in [2.24, 2.45) is 0 Å². The number of nitrogens with zero attached hydrogens (tertiary/aromatic N) is 1. The van der Waals surface area contributed by atoms with Gasteiger partial charge in [-0.15, -0.1) is 0 Å². The van der Waals surface area contributed by atoms with Gasteiger partial charge >= 0.3 is 0 Å². The number of hydrogen-bond donors (Lipinski definition) is 4. The van der Waals surface area contributed by atoms with E-state index in [-0.39, 0.29) is 23.9 Å². The Bertz CT molecular complexity index is 499. The van der Waals surface area contributed by atoms with Gasteiger partial charge < -0.3 is 15.6 Å². The van der Waals surface area contributed by atoms with E-state index in [0.717, 1.165) is 17.8 Å². The summed E-state index contributed by atoms with van der Waals surface area (Å²) in [5.74, 6) is -0.115. The summed E-state index contributed by atoms with van der Waals surface area (Å²) in [4.78, 5) is 30.9. The Hall–Kier alpha value is -1.89. The first kappa shape index (κ1) is 15.5. The van der Waals surface area contributed by atoms with Crippen molar-refractivity contribution in [2.45, 2.75) is 51.7 Å². The largest absolute Gasteiger partial charge is 0.354 e. The fraction of sp³-hybridized carbons (Fsp3) is 0.643. The molecular weight excluding hydrogens is 270 g/mol. The molecule has 0 spiro atoms. The highest BCUT2D eigenvalue weighted by molar-refractivity contribution is 5.83. The van der Waals surface area contributed by atoms with Gasteiger partial charge in [0, 0.05) is 32.0 Å². The van der Waals surface area contributed by atoms with Crippen LogP contribution in [0.1, 0.15) is 38.1 Å². The Labute approximate surface area is 124 Å². The van der Waals surface area contributed by atoms with Crippen LogP contribution in [0, 0.1) is 0 Å². The Morgan fingerprint density at radius 1 is 1.52 bits per heavy atom. The van der Waals surface area contributed by atoms with Crippen LogP contribution in [0.2, 0.25) is 0 Å². The monoisotopic (exact) mass is 293 g/mol.